The Morgan fingerprint density at radius 1 is 0.606 bits per heavy atom. The summed E-state index contributed by atoms with van der Waals surface area (Å²) in [6, 6.07) is 30.3. The Kier molecular flexibility index (Phi) is 8.12. The lowest BCUT2D eigenvalue weighted by Gasteiger charge is -2.17. The molecule has 0 aliphatic rings. The predicted molar refractivity (Wildman–Crippen MR) is 133 cm³/mol. The summed E-state index contributed by atoms with van der Waals surface area (Å²) in [6.45, 7) is 0. The number of hydrogen-bond donors (Lipinski definition) is 4. The van der Waals surface area contributed by atoms with E-state index in [1.165, 1.54) is 0 Å². The zero-order valence-electron chi connectivity index (χ0n) is 17.1. The van der Waals surface area contributed by atoms with Gasteiger partial charge in [-0.15, -0.1) is 0 Å². The zero-order chi connectivity index (χ0) is 24.0. The fraction of sp³-hybridized carbons (Fsp3) is 0. The van der Waals surface area contributed by atoms with Gasteiger partial charge in [-0.3, -0.25) is 0 Å². The number of phenolic OH excluding ortho intramolecular Hbond substituents is 1. The first kappa shape index (κ1) is 24.8. The third-order valence-corrected chi connectivity index (χ3v) is 6.60. The summed E-state index contributed by atoms with van der Waals surface area (Å²) in [7, 11) is -4.64. The Bertz CT molecular complexity index is 1330. The van der Waals surface area contributed by atoms with Crippen molar-refractivity contribution in [1.82, 2.24) is 0 Å². The molecular weight excluding hydrogens is 558 g/mol. The normalized spacial score (nSPS) is 11.0. The molecule has 0 aromatic heterocycles. The van der Waals surface area contributed by atoms with Crippen LogP contribution in [0, 0.1) is 3.57 Å². The zero-order valence-corrected chi connectivity index (χ0v) is 20.1. The molecule has 0 fully saturated rings. The molecule has 7 nitrogen and oxygen atoms in total. The van der Waals surface area contributed by atoms with Gasteiger partial charge in [-0.2, -0.15) is 0 Å². The van der Waals surface area contributed by atoms with Gasteiger partial charge >= 0.3 is 27.6 Å². The Balaban J connectivity index is 0.000000555. The number of hydrogen-bond acceptors (Lipinski definition) is 4. The van der Waals surface area contributed by atoms with E-state index in [4.69, 9.17) is 19.2 Å². The minimum Gasteiger partial charge on any atom is -0.506 e. The summed E-state index contributed by atoms with van der Waals surface area (Å²) in [6.07, 6.45) is 0. The van der Waals surface area contributed by atoms with Gasteiger partial charge in [-0.1, -0.05) is 91.0 Å². The van der Waals surface area contributed by atoms with E-state index < -0.39 is 27.6 Å². The monoisotopic (exact) mass is 578 g/mol. The molecule has 0 atom stereocenters. The Morgan fingerprint density at radius 2 is 0.970 bits per heavy atom. The molecule has 0 saturated heterocycles. The average Bonchev–Trinajstić information content (AvgIpc) is 2.79. The molecule has 0 aliphatic heterocycles. The van der Waals surface area contributed by atoms with Crippen molar-refractivity contribution in [1.29, 1.82) is 0 Å². The lowest BCUT2D eigenvalue weighted by atomic mass is 9.90. The van der Waals surface area contributed by atoms with E-state index in [1.54, 1.807) is 0 Å². The molecular formula is C24H20IO7P. The highest BCUT2D eigenvalue weighted by atomic mass is 127. The summed E-state index contributed by atoms with van der Waals surface area (Å²) in [5.41, 5.74) is 4.32. The van der Waals surface area contributed by atoms with Crippen LogP contribution in [0.4, 0.5) is 0 Å². The molecule has 4 aromatic carbocycles. The highest BCUT2D eigenvalue weighted by Crippen LogP contribution is 2.48. The van der Waals surface area contributed by atoms with Crippen LogP contribution in [0.25, 0.3) is 33.4 Å². The Hall–Kier alpha value is -2.88. The van der Waals surface area contributed by atoms with Crippen molar-refractivity contribution in [3.8, 4) is 39.1 Å². The second kappa shape index (κ2) is 10.8. The van der Waals surface area contributed by atoms with Crippen LogP contribution in [-0.4, -0.2) is 19.8 Å². The second-order valence-electron chi connectivity index (χ2n) is 6.84. The fourth-order valence-corrected chi connectivity index (χ4v) is 5.00. The topological polar surface area (TPSA) is 132 Å². The van der Waals surface area contributed by atoms with Crippen LogP contribution < -0.4 is 0 Å². The lowest BCUT2D eigenvalue weighted by Crippen LogP contribution is -1.93. The molecule has 0 saturated carbocycles. The maximum absolute atomic E-state index is 12.2. The number of benzene rings is 4. The van der Waals surface area contributed by atoms with E-state index in [9.17, 15) is 11.2 Å². The van der Waals surface area contributed by atoms with Crippen molar-refractivity contribution >= 4 is 27.6 Å². The SMILES string of the molecule is O=I(=O)c1c(-c2ccccc2)cc(-c2ccccc2)c(-c2ccccc2)c1O.O=P(O)(O)O. The molecule has 0 amide bonds. The fourth-order valence-electron chi connectivity index (χ4n) is 3.37. The third kappa shape index (κ3) is 6.56. The predicted octanol–water partition coefficient (Wildman–Crippen LogP) is 5.83. The molecule has 170 valence electrons. The van der Waals surface area contributed by atoms with Gasteiger partial charge in [0.1, 0.15) is 9.32 Å². The summed E-state index contributed by atoms with van der Waals surface area (Å²) >= 11 is -3.98. The number of phosphoric acid groups is 1. The Morgan fingerprint density at radius 3 is 1.36 bits per heavy atom. The highest BCUT2D eigenvalue weighted by molar-refractivity contribution is 14.2. The Labute approximate surface area is 197 Å². The maximum Gasteiger partial charge on any atom is 0.466 e. The van der Waals surface area contributed by atoms with Gasteiger partial charge in [0.05, 0.1) is 0 Å². The van der Waals surface area contributed by atoms with Gasteiger partial charge in [0, 0.05) is 11.1 Å². The van der Waals surface area contributed by atoms with Gasteiger partial charge in [-0.05, 0) is 28.3 Å². The molecule has 4 rings (SSSR count). The minimum atomic E-state index is -4.64. The lowest BCUT2D eigenvalue weighted by molar-refractivity contribution is 0.275. The molecule has 0 unspecified atom stereocenters. The standard InChI is InChI=1S/C24H17IO3.H3O4P/c26-24-22(19-14-8-3-9-15-19)20(17-10-4-1-5-11-17)16-21(23(24)25(27)28)18-12-6-2-7-13-18;1-5(2,3)4/h1-16,26H;(H3,1,2,3,4). The number of halogens is 1. The number of aromatic hydroxyl groups is 1. The van der Waals surface area contributed by atoms with Crippen molar-refractivity contribution in [3.05, 3.63) is 101 Å². The summed E-state index contributed by atoms with van der Waals surface area (Å²) < 4.78 is 33.4. The van der Waals surface area contributed by atoms with Crippen LogP contribution in [-0.2, 0) is 10.7 Å². The first-order valence-corrected chi connectivity index (χ1v) is 14.0. The van der Waals surface area contributed by atoms with E-state index in [0.717, 1.165) is 22.3 Å². The van der Waals surface area contributed by atoms with Gasteiger partial charge in [0.2, 0.25) is 0 Å². The highest BCUT2D eigenvalue weighted by Gasteiger charge is 2.23. The van der Waals surface area contributed by atoms with E-state index in [1.807, 2.05) is 97.1 Å². The molecule has 0 aliphatic carbocycles. The van der Waals surface area contributed by atoms with Crippen LogP contribution >= 0.6 is 27.6 Å². The molecule has 0 bridgehead atoms. The van der Waals surface area contributed by atoms with Crippen LogP contribution in [0.1, 0.15) is 0 Å². The van der Waals surface area contributed by atoms with E-state index in [-0.39, 0.29) is 9.32 Å². The maximum atomic E-state index is 12.2. The largest absolute Gasteiger partial charge is 0.506 e. The van der Waals surface area contributed by atoms with Crippen LogP contribution in [0.3, 0.4) is 0 Å². The summed E-state index contributed by atoms with van der Waals surface area (Å²) in [4.78, 5) is 21.6. The van der Waals surface area contributed by atoms with Crippen molar-refractivity contribution in [3.63, 3.8) is 0 Å². The van der Waals surface area contributed by atoms with E-state index in [0.29, 0.717) is 11.1 Å². The first-order valence-electron chi connectivity index (χ1n) is 9.56. The second-order valence-corrected chi connectivity index (χ2v) is 10.2. The van der Waals surface area contributed by atoms with Crippen LogP contribution in [0.15, 0.2) is 97.1 Å². The van der Waals surface area contributed by atoms with Gasteiger partial charge in [0.25, 0.3) is 0 Å². The van der Waals surface area contributed by atoms with Crippen molar-refractivity contribution in [2.75, 3.05) is 0 Å². The smallest absolute Gasteiger partial charge is 0.466 e. The van der Waals surface area contributed by atoms with E-state index in [2.05, 4.69) is 0 Å². The van der Waals surface area contributed by atoms with Gasteiger partial charge in [0.15, 0.2) is 0 Å². The molecule has 0 heterocycles. The van der Waals surface area contributed by atoms with Crippen molar-refractivity contribution in [2.24, 2.45) is 0 Å². The summed E-state index contributed by atoms with van der Waals surface area (Å²) in [5.74, 6) is -0.179. The average molecular weight is 578 g/mol. The number of phenols is 1. The molecule has 4 N–H and O–H groups in total. The molecule has 0 spiro atoms. The van der Waals surface area contributed by atoms with E-state index >= 15 is 0 Å². The molecule has 4 aromatic rings. The summed E-state index contributed by atoms with van der Waals surface area (Å²) in [5, 5.41) is 11.1. The quantitative estimate of drug-likeness (QED) is 0.177. The van der Waals surface area contributed by atoms with Gasteiger partial charge in [-0.25, -0.2) is 10.7 Å². The van der Waals surface area contributed by atoms with Crippen LogP contribution in [0.5, 0.6) is 5.75 Å². The molecule has 0 radical (unpaired) electrons. The van der Waals surface area contributed by atoms with Crippen LogP contribution in [0.2, 0.25) is 0 Å². The van der Waals surface area contributed by atoms with Crippen molar-refractivity contribution < 1.29 is 30.5 Å². The third-order valence-electron chi connectivity index (χ3n) is 4.63. The molecule has 9 heteroatoms. The minimum absolute atomic E-state index is 0.0361. The van der Waals surface area contributed by atoms with Crippen molar-refractivity contribution in [2.45, 2.75) is 0 Å². The number of rotatable bonds is 4. The van der Waals surface area contributed by atoms with Gasteiger partial charge < -0.3 is 19.8 Å². The first-order chi connectivity index (χ1) is 15.7. The molecule has 33 heavy (non-hydrogen) atoms.